The molecule has 1 saturated heterocycles. The Bertz CT molecular complexity index is 1080. The fourth-order valence-corrected chi connectivity index (χ4v) is 5.71. The third-order valence-corrected chi connectivity index (χ3v) is 7.95. The highest BCUT2D eigenvalue weighted by Crippen LogP contribution is 2.31. The Hall–Kier alpha value is -2.58. The maximum Gasteiger partial charge on any atom is 0.254 e. The van der Waals surface area contributed by atoms with Crippen LogP contribution in [0, 0.1) is 6.92 Å². The van der Waals surface area contributed by atoms with Gasteiger partial charge in [-0.05, 0) is 56.5 Å². The number of benzene rings is 2. The van der Waals surface area contributed by atoms with Gasteiger partial charge in [-0.25, -0.2) is 8.42 Å². The summed E-state index contributed by atoms with van der Waals surface area (Å²) in [7, 11) is -3.61. The summed E-state index contributed by atoms with van der Waals surface area (Å²) >= 11 is 0. The van der Waals surface area contributed by atoms with Gasteiger partial charge in [0.25, 0.3) is 5.91 Å². The number of carbonyl (C=O) groups excluding carboxylic acids is 1. The van der Waals surface area contributed by atoms with Gasteiger partial charge in [-0.1, -0.05) is 24.6 Å². The van der Waals surface area contributed by atoms with Gasteiger partial charge >= 0.3 is 0 Å². The molecule has 7 nitrogen and oxygen atoms in total. The van der Waals surface area contributed by atoms with Gasteiger partial charge < -0.3 is 14.4 Å². The van der Waals surface area contributed by atoms with Gasteiger partial charge in [0.2, 0.25) is 10.0 Å². The van der Waals surface area contributed by atoms with Crippen LogP contribution >= 0.6 is 0 Å². The molecule has 2 heterocycles. The van der Waals surface area contributed by atoms with E-state index in [0.29, 0.717) is 49.8 Å². The molecule has 0 spiro atoms. The molecular weight excluding hydrogens is 428 g/mol. The van der Waals surface area contributed by atoms with E-state index in [4.69, 9.17) is 9.47 Å². The number of para-hydroxylation sites is 2. The Labute approximate surface area is 190 Å². The number of fused-ring (bicyclic) bond motifs is 1. The molecule has 0 aliphatic carbocycles. The van der Waals surface area contributed by atoms with Crippen LogP contribution in [0.3, 0.4) is 0 Å². The Balaban J connectivity index is 1.53. The number of nitrogens with zero attached hydrogens (tertiary/aromatic N) is 2. The zero-order valence-electron chi connectivity index (χ0n) is 18.6. The predicted octanol–water partition coefficient (Wildman–Crippen LogP) is 3.47. The van der Waals surface area contributed by atoms with Crippen LogP contribution in [0.25, 0.3) is 0 Å². The first-order valence-corrected chi connectivity index (χ1v) is 12.6. The summed E-state index contributed by atoms with van der Waals surface area (Å²) in [5.41, 5.74) is 1.15. The van der Waals surface area contributed by atoms with E-state index < -0.39 is 10.0 Å². The number of hydrogen-bond donors (Lipinski definition) is 0. The second-order valence-corrected chi connectivity index (χ2v) is 10.2. The first-order valence-electron chi connectivity index (χ1n) is 11.2. The van der Waals surface area contributed by atoms with Crippen LogP contribution in [0.1, 0.15) is 42.1 Å². The predicted molar refractivity (Wildman–Crippen MR) is 122 cm³/mol. The molecule has 0 radical (unpaired) electrons. The standard InChI is InChI=1S/C24H30N2O5S/c1-3-25(16-19-17-30-22-9-5-6-10-23(22)31-19)24(27)21-15-20(12-11-18(21)2)32(28,29)26-13-7-4-8-14-26/h5-6,9-12,15,19H,3-4,7-8,13-14,16-17H2,1-2H3. The van der Waals surface area contributed by atoms with Crippen molar-refractivity contribution in [3.8, 4) is 11.5 Å². The molecule has 2 aromatic carbocycles. The SMILES string of the molecule is CCN(CC1COc2ccccc2O1)C(=O)c1cc(S(=O)(=O)N2CCCCC2)ccc1C. The minimum atomic E-state index is -3.61. The second-order valence-electron chi connectivity index (χ2n) is 8.28. The number of rotatable bonds is 6. The highest BCUT2D eigenvalue weighted by molar-refractivity contribution is 7.89. The van der Waals surface area contributed by atoms with Crippen molar-refractivity contribution < 1.29 is 22.7 Å². The van der Waals surface area contributed by atoms with Crippen LogP contribution in [-0.2, 0) is 10.0 Å². The topological polar surface area (TPSA) is 76.1 Å². The summed E-state index contributed by atoms with van der Waals surface area (Å²) in [5, 5.41) is 0. The fraction of sp³-hybridized carbons (Fsp3) is 0.458. The summed E-state index contributed by atoms with van der Waals surface area (Å²) in [6, 6.07) is 12.3. The van der Waals surface area contributed by atoms with Gasteiger partial charge in [0.15, 0.2) is 17.6 Å². The average Bonchev–Trinajstić information content (AvgIpc) is 2.82. The van der Waals surface area contributed by atoms with Crippen molar-refractivity contribution in [3.05, 3.63) is 53.6 Å². The maximum absolute atomic E-state index is 13.4. The van der Waals surface area contributed by atoms with Crippen molar-refractivity contribution in [1.82, 2.24) is 9.21 Å². The van der Waals surface area contributed by atoms with Gasteiger partial charge in [-0.2, -0.15) is 4.31 Å². The van der Waals surface area contributed by atoms with E-state index in [1.807, 2.05) is 38.1 Å². The molecule has 1 unspecified atom stereocenters. The van der Waals surface area contributed by atoms with Crippen molar-refractivity contribution in [2.45, 2.75) is 44.1 Å². The van der Waals surface area contributed by atoms with Gasteiger partial charge in [-0.3, -0.25) is 4.79 Å². The molecule has 2 aromatic rings. The summed E-state index contributed by atoms with van der Waals surface area (Å²) in [6.45, 7) is 5.97. The lowest BCUT2D eigenvalue weighted by atomic mass is 10.1. The van der Waals surface area contributed by atoms with Crippen molar-refractivity contribution in [1.29, 1.82) is 0 Å². The van der Waals surface area contributed by atoms with Gasteiger partial charge in [-0.15, -0.1) is 0 Å². The zero-order chi connectivity index (χ0) is 22.7. The monoisotopic (exact) mass is 458 g/mol. The Morgan fingerprint density at radius 3 is 2.53 bits per heavy atom. The Morgan fingerprint density at radius 2 is 1.81 bits per heavy atom. The third kappa shape index (κ3) is 4.61. The lowest BCUT2D eigenvalue weighted by molar-refractivity contribution is 0.0474. The van der Waals surface area contributed by atoms with Crippen molar-refractivity contribution >= 4 is 15.9 Å². The van der Waals surface area contributed by atoms with Crippen LogP contribution in [-0.4, -0.2) is 62.4 Å². The second kappa shape index (κ2) is 9.50. The van der Waals surface area contributed by atoms with E-state index in [2.05, 4.69) is 0 Å². The van der Waals surface area contributed by atoms with Gasteiger partial charge in [0.05, 0.1) is 11.4 Å². The zero-order valence-corrected chi connectivity index (χ0v) is 19.4. The van der Waals surface area contributed by atoms with Crippen LogP contribution < -0.4 is 9.47 Å². The highest BCUT2D eigenvalue weighted by Gasteiger charge is 2.29. The summed E-state index contributed by atoms with van der Waals surface area (Å²) in [4.78, 5) is 15.3. The van der Waals surface area contributed by atoms with Gasteiger partial charge in [0.1, 0.15) is 6.61 Å². The lowest BCUT2D eigenvalue weighted by Gasteiger charge is -2.31. The number of aryl methyl sites for hydroxylation is 1. The first-order chi connectivity index (χ1) is 15.4. The van der Waals surface area contributed by atoms with Crippen LogP contribution in [0.2, 0.25) is 0 Å². The summed E-state index contributed by atoms with van der Waals surface area (Å²) in [6.07, 6.45) is 2.49. The van der Waals surface area contributed by atoms with E-state index in [-0.39, 0.29) is 16.9 Å². The van der Waals surface area contributed by atoms with Crippen LogP contribution in [0.5, 0.6) is 11.5 Å². The number of amides is 1. The molecule has 8 heteroatoms. The molecule has 172 valence electrons. The quantitative estimate of drug-likeness (QED) is 0.663. The highest BCUT2D eigenvalue weighted by atomic mass is 32.2. The molecule has 2 aliphatic rings. The molecule has 32 heavy (non-hydrogen) atoms. The fourth-order valence-electron chi connectivity index (χ4n) is 4.17. The lowest BCUT2D eigenvalue weighted by Crippen LogP contribution is -2.43. The van der Waals surface area contributed by atoms with E-state index in [9.17, 15) is 13.2 Å². The van der Waals surface area contributed by atoms with E-state index in [0.717, 1.165) is 24.8 Å². The Kier molecular flexibility index (Phi) is 6.71. The van der Waals surface area contributed by atoms with Crippen molar-refractivity contribution in [2.24, 2.45) is 0 Å². The third-order valence-electron chi connectivity index (χ3n) is 6.05. The minimum Gasteiger partial charge on any atom is -0.486 e. The van der Waals surface area contributed by atoms with Crippen molar-refractivity contribution in [3.63, 3.8) is 0 Å². The number of sulfonamides is 1. The molecule has 0 N–H and O–H groups in total. The molecular formula is C24H30N2O5S. The minimum absolute atomic E-state index is 0.176. The number of piperidine rings is 1. The molecule has 0 aromatic heterocycles. The summed E-state index contributed by atoms with van der Waals surface area (Å²) < 4.78 is 39.5. The number of carbonyl (C=O) groups is 1. The number of ether oxygens (including phenoxy) is 2. The normalized spacial score (nSPS) is 18.9. The molecule has 1 amide bonds. The first kappa shape index (κ1) is 22.6. The van der Waals surface area contributed by atoms with E-state index in [1.54, 1.807) is 17.0 Å². The maximum atomic E-state index is 13.4. The number of hydrogen-bond acceptors (Lipinski definition) is 5. The number of likely N-dealkylation sites (N-methyl/N-ethyl adjacent to an activating group) is 1. The molecule has 1 atom stereocenters. The molecule has 4 rings (SSSR count). The smallest absolute Gasteiger partial charge is 0.254 e. The molecule has 2 aliphatic heterocycles. The van der Waals surface area contributed by atoms with Crippen LogP contribution in [0.15, 0.2) is 47.4 Å². The van der Waals surface area contributed by atoms with E-state index in [1.165, 1.54) is 10.4 Å². The molecule has 0 saturated carbocycles. The molecule has 1 fully saturated rings. The summed E-state index contributed by atoms with van der Waals surface area (Å²) in [5.74, 6) is 1.16. The largest absolute Gasteiger partial charge is 0.486 e. The van der Waals surface area contributed by atoms with Crippen LogP contribution in [0.4, 0.5) is 0 Å². The van der Waals surface area contributed by atoms with E-state index >= 15 is 0 Å². The van der Waals surface area contributed by atoms with Crippen molar-refractivity contribution in [2.75, 3.05) is 32.8 Å². The average molecular weight is 459 g/mol. The van der Waals surface area contributed by atoms with Gasteiger partial charge in [0, 0.05) is 25.2 Å². The Morgan fingerprint density at radius 1 is 1.09 bits per heavy atom. The molecule has 0 bridgehead atoms.